The average Bonchev–Trinajstić information content (AvgIpc) is 3.22. The van der Waals surface area contributed by atoms with Crippen LogP contribution in [0.25, 0.3) is 28.2 Å². The van der Waals surface area contributed by atoms with Gasteiger partial charge in [-0.2, -0.15) is 5.10 Å². The molecule has 0 aliphatic carbocycles. The second-order valence-corrected chi connectivity index (χ2v) is 8.80. The van der Waals surface area contributed by atoms with Crippen molar-refractivity contribution in [3.8, 4) is 34.0 Å². The minimum absolute atomic E-state index is 0.235. The molecule has 4 aromatic rings. The number of aryl methyl sites for hydroxylation is 1. The number of ether oxygens (including phenoxy) is 1. The van der Waals surface area contributed by atoms with E-state index in [1.54, 1.807) is 28.9 Å². The van der Waals surface area contributed by atoms with E-state index in [2.05, 4.69) is 19.9 Å². The molecule has 0 aliphatic rings. The Labute approximate surface area is 202 Å². The number of aromatic nitrogens is 2. The molecule has 1 aromatic heterocycles. The molecule has 0 saturated heterocycles. The molecule has 0 saturated carbocycles. The van der Waals surface area contributed by atoms with E-state index in [1.807, 2.05) is 31.2 Å². The largest absolute Gasteiger partial charge is 0.481 e. The van der Waals surface area contributed by atoms with Gasteiger partial charge < -0.3 is 9.84 Å². The zero-order valence-electron chi connectivity index (χ0n) is 19.0. The molecule has 0 amide bonds. The van der Waals surface area contributed by atoms with Gasteiger partial charge in [-0.3, -0.25) is 0 Å². The van der Waals surface area contributed by atoms with Crippen LogP contribution in [0.2, 0.25) is 5.02 Å². The number of hydrogen-bond acceptors (Lipinski definition) is 3. The normalized spacial score (nSPS) is 11.1. The van der Waals surface area contributed by atoms with Gasteiger partial charge in [0.15, 0.2) is 6.61 Å². The lowest BCUT2D eigenvalue weighted by Gasteiger charge is -2.15. The zero-order valence-corrected chi connectivity index (χ0v) is 19.8. The smallest absolute Gasteiger partial charge is 0.341 e. The van der Waals surface area contributed by atoms with E-state index in [1.165, 1.54) is 12.1 Å². The summed E-state index contributed by atoms with van der Waals surface area (Å²) in [6.07, 6.45) is 0. The van der Waals surface area contributed by atoms with Crippen molar-refractivity contribution in [3.63, 3.8) is 0 Å². The molecule has 0 atom stereocenters. The summed E-state index contributed by atoms with van der Waals surface area (Å²) in [5.74, 6) is -0.705. The molecule has 0 bridgehead atoms. The number of nitrogens with zero attached hydrogens (tertiary/aromatic N) is 2. The van der Waals surface area contributed by atoms with E-state index >= 15 is 0 Å². The number of carboxylic acid groups (broad SMARTS) is 1. The lowest BCUT2D eigenvalue weighted by atomic mass is 9.95. The summed E-state index contributed by atoms with van der Waals surface area (Å²) >= 11 is 6.24. The van der Waals surface area contributed by atoms with Crippen molar-refractivity contribution >= 4 is 17.6 Å². The van der Waals surface area contributed by atoms with Gasteiger partial charge in [0.2, 0.25) is 0 Å². The van der Waals surface area contributed by atoms with Crippen LogP contribution < -0.4 is 4.74 Å². The van der Waals surface area contributed by atoms with Crippen molar-refractivity contribution in [1.29, 1.82) is 0 Å². The van der Waals surface area contributed by atoms with Crippen LogP contribution >= 0.6 is 11.6 Å². The lowest BCUT2D eigenvalue weighted by Crippen LogP contribution is -2.11. The van der Waals surface area contributed by atoms with Crippen molar-refractivity contribution in [3.05, 3.63) is 88.7 Å². The molecule has 7 heteroatoms. The van der Waals surface area contributed by atoms with Crippen LogP contribution in [0.4, 0.5) is 4.39 Å². The van der Waals surface area contributed by atoms with Crippen LogP contribution in [0.3, 0.4) is 0 Å². The standard InChI is InChI=1S/C27H24ClFN2O3/c1-16(2)19-11-17(3)27(25(12-19)34-15-26(32)33)23-14-24(18-7-9-21(29)10-8-18)31(30-23)22-6-4-5-20(28)13-22/h4-14,16H,15H2,1-3H3,(H,32,33). The molecule has 0 fully saturated rings. The Kier molecular flexibility index (Phi) is 6.70. The Morgan fingerprint density at radius 2 is 1.85 bits per heavy atom. The van der Waals surface area contributed by atoms with Crippen LogP contribution in [0.15, 0.2) is 66.7 Å². The highest BCUT2D eigenvalue weighted by molar-refractivity contribution is 6.30. The van der Waals surface area contributed by atoms with Crippen molar-refractivity contribution in [2.45, 2.75) is 26.7 Å². The molecule has 3 aromatic carbocycles. The van der Waals surface area contributed by atoms with Gasteiger partial charge in [-0.1, -0.05) is 37.6 Å². The minimum Gasteiger partial charge on any atom is -0.481 e. The fraction of sp³-hybridized carbons (Fsp3) is 0.185. The molecular weight excluding hydrogens is 455 g/mol. The van der Waals surface area contributed by atoms with Gasteiger partial charge in [0.1, 0.15) is 11.6 Å². The maximum Gasteiger partial charge on any atom is 0.341 e. The van der Waals surface area contributed by atoms with E-state index in [9.17, 15) is 14.3 Å². The molecule has 4 rings (SSSR count). The SMILES string of the molecule is Cc1cc(C(C)C)cc(OCC(=O)O)c1-c1cc(-c2ccc(F)cc2)n(-c2cccc(Cl)c2)n1. The summed E-state index contributed by atoms with van der Waals surface area (Å²) in [5, 5.41) is 14.6. The average molecular weight is 479 g/mol. The Hall–Kier alpha value is -3.64. The maximum atomic E-state index is 13.6. The fourth-order valence-corrected chi connectivity index (χ4v) is 4.02. The second-order valence-electron chi connectivity index (χ2n) is 8.36. The zero-order chi connectivity index (χ0) is 24.4. The molecule has 0 radical (unpaired) electrons. The van der Waals surface area contributed by atoms with E-state index in [-0.39, 0.29) is 11.7 Å². The van der Waals surface area contributed by atoms with Crippen molar-refractivity contribution in [2.75, 3.05) is 6.61 Å². The predicted octanol–water partition coefficient (Wildman–Crippen LogP) is 6.89. The number of carboxylic acids is 1. The Morgan fingerprint density at radius 1 is 1.12 bits per heavy atom. The molecule has 5 nitrogen and oxygen atoms in total. The quantitative estimate of drug-likeness (QED) is 0.314. The van der Waals surface area contributed by atoms with Gasteiger partial charge >= 0.3 is 5.97 Å². The summed E-state index contributed by atoms with van der Waals surface area (Å²) in [7, 11) is 0. The third-order valence-electron chi connectivity index (χ3n) is 5.50. The Bertz CT molecular complexity index is 1350. The monoisotopic (exact) mass is 478 g/mol. The molecule has 174 valence electrons. The molecule has 34 heavy (non-hydrogen) atoms. The second kappa shape index (κ2) is 9.69. The van der Waals surface area contributed by atoms with Crippen molar-refractivity contribution in [1.82, 2.24) is 9.78 Å². The van der Waals surface area contributed by atoms with Crippen LogP contribution in [0.5, 0.6) is 5.75 Å². The van der Waals surface area contributed by atoms with Gasteiger partial charge in [-0.05, 0) is 78.6 Å². The van der Waals surface area contributed by atoms with Gasteiger partial charge in [0, 0.05) is 16.1 Å². The number of carbonyl (C=O) groups is 1. The van der Waals surface area contributed by atoms with Crippen LogP contribution in [-0.4, -0.2) is 27.5 Å². The first kappa shape index (κ1) is 23.5. The molecule has 1 heterocycles. The first-order valence-electron chi connectivity index (χ1n) is 10.8. The van der Waals surface area contributed by atoms with E-state index in [0.29, 0.717) is 22.0 Å². The predicted molar refractivity (Wildman–Crippen MR) is 131 cm³/mol. The Morgan fingerprint density at radius 3 is 2.50 bits per heavy atom. The third kappa shape index (κ3) is 4.97. The number of halogens is 2. The fourth-order valence-electron chi connectivity index (χ4n) is 3.83. The first-order chi connectivity index (χ1) is 16.2. The molecular formula is C27H24ClFN2O3. The van der Waals surface area contributed by atoms with Crippen LogP contribution in [0.1, 0.15) is 30.9 Å². The number of rotatable bonds is 7. The molecule has 1 N–H and O–H groups in total. The summed E-state index contributed by atoms with van der Waals surface area (Å²) in [5.41, 5.74) is 5.49. The van der Waals surface area contributed by atoms with Gasteiger partial charge in [0.25, 0.3) is 0 Å². The number of aliphatic carboxylic acids is 1. The molecule has 0 unspecified atom stereocenters. The topological polar surface area (TPSA) is 64.3 Å². The summed E-state index contributed by atoms with van der Waals surface area (Å²) in [4.78, 5) is 11.2. The van der Waals surface area contributed by atoms with Gasteiger partial charge in [-0.25, -0.2) is 13.9 Å². The number of hydrogen-bond donors (Lipinski definition) is 1. The van der Waals surface area contributed by atoms with E-state index in [4.69, 9.17) is 21.4 Å². The van der Waals surface area contributed by atoms with Crippen molar-refractivity contribution in [2.24, 2.45) is 0 Å². The van der Waals surface area contributed by atoms with E-state index < -0.39 is 12.6 Å². The highest BCUT2D eigenvalue weighted by Crippen LogP contribution is 2.38. The van der Waals surface area contributed by atoms with Crippen molar-refractivity contribution < 1.29 is 19.0 Å². The summed E-state index contributed by atoms with van der Waals surface area (Å²) in [6, 6.07) is 19.3. The first-order valence-corrected chi connectivity index (χ1v) is 11.2. The van der Waals surface area contributed by atoms with Crippen LogP contribution in [-0.2, 0) is 4.79 Å². The lowest BCUT2D eigenvalue weighted by molar-refractivity contribution is -0.139. The van der Waals surface area contributed by atoms with Gasteiger partial charge in [0.05, 0.1) is 17.1 Å². The maximum absolute atomic E-state index is 13.6. The molecule has 0 spiro atoms. The highest BCUT2D eigenvalue weighted by Gasteiger charge is 2.20. The third-order valence-corrected chi connectivity index (χ3v) is 5.73. The van der Waals surface area contributed by atoms with Gasteiger partial charge in [-0.15, -0.1) is 0 Å². The summed E-state index contributed by atoms with van der Waals surface area (Å²) in [6.45, 7) is 5.62. The summed E-state index contributed by atoms with van der Waals surface area (Å²) < 4.78 is 21.0. The number of benzene rings is 3. The Balaban J connectivity index is 1.94. The highest BCUT2D eigenvalue weighted by atomic mass is 35.5. The van der Waals surface area contributed by atoms with Crippen LogP contribution in [0, 0.1) is 12.7 Å². The molecule has 0 aliphatic heterocycles. The van der Waals surface area contributed by atoms with E-state index in [0.717, 1.165) is 28.1 Å². The minimum atomic E-state index is -1.06.